The molecule has 0 N–H and O–H groups in total. The summed E-state index contributed by atoms with van der Waals surface area (Å²) in [6.07, 6.45) is 8.18. The number of hydrogen-bond acceptors (Lipinski definition) is 4. The molecule has 0 bridgehead atoms. The maximum absolute atomic E-state index is 11.7. The molecule has 0 spiro atoms. The van der Waals surface area contributed by atoms with Crippen LogP contribution in [0, 0.1) is 0 Å². The van der Waals surface area contributed by atoms with Crippen molar-refractivity contribution in [1.29, 1.82) is 0 Å². The molecule has 1 aliphatic rings. The Bertz CT molecular complexity index is 412. The lowest BCUT2D eigenvalue weighted by Gasteiger charge is -2.24. The molecule has 1 fully saturated rings. The third-order valence-corrected chi connectivity index (χ3v) is 3.62. The molecule has 104 valence electrons. The molecule has 1 aliphatic heterocycles. The van der Waals surface area contributed by atoms with Gasteiger partial charge in [-0.15, -0.1) is 0 Å². The Morgan fingerprint density at radius 2 is 1.95 bits per heavy atom. The van der Waals surface area contributed by atoms with Crippen molar-refractivity contribution in [3.63, 3.8) is 0 Å². The number of likely N-dealkylation sites (tertiary alicyclic amines) is 1. The lowest BCUT2D eigenvalue weighted by atomic mass is 10.1. The lowest BCUT2D eigenvalue weighted by Crippen LogP contribution is -2.28. The van der Waals surface area contributed by atoms with Gasteiger partial charge in [0.05, 0.1) is 18.4 Å². The number of hydrogen-bond donors (Lipinski definition) is 0. The molecule has 0 saturated carbocycles. The summed E-state index contributed by atoms with van der Waals surface area (Å²) in [5, 5.41) is 0. The smallest absolute Gasteiger partial charge is 0.339 e. The maximum Gasteiger partial charge on any atom is 0.339 e. The van der Waals surface area contributed by atoms with Gasteiger partial charge >= 0.3 is 5.97 Å². The molecule has 1 aromatic heterocycles. The summed E-state index contributed by atoms with van der Waals surface area (Å²) in [6.45, 7) is 2.93. The van der Waals surface area contributed by atoms with E-state index in [9.17, 15) is 4.79 Å². The largest absolute Gasteiger partial charge is 0.465 e. The van der Waals surface area contributed by atoms with Crippen LogP contribution in [0.25, 0.3) is 0 Å². The van der Waals surface area contributed by atoms with Crippen LogP contribution in [0.1, 0.15) is 48.2 Å². The maximum atomic E-state index is 11.7. The first kappa shape index (κ1) is 14.0. The van der Waals surface area contributed by atoms with Crippen LogP contribution in [-0.4, -0.2) is 36.1 Å². The topological polar surface area (TPSA) is 42.4 Å². The van der Waals surface area contributed by atoms with Gasteiger partial charge in [-0.2, -0.15) is 0 Å². The number of ether oxygens (including phenoxy) is 1. The van der Waals surface area contributed by atoms with Crippen LogP contribution < -0.4 is 0 Å². The summed E-state index contributed by atoms with van der Waals surface area (Å²) < 4.78 is 4.81. The molecule has 19 heavy (non-hydrogen) atoms. The number of carbonyl (C=O) groups excluding carboxylic acids is 1. The van der Waals surface area contributed by atoms with Gasteiger partial charge < -0.3 is 4.74 Å². The number of aromatic nitrogens is 1. The van der Waals surface area contributed by atoms with E-state index in [4.69, 9.17) is 4.74 Å². The van der Waals surface area contributed by atoms with E-state index >= 15 is 0 Å². The van der Waals surface area contributed by atoms with Gasteiger partial charge in [0.1, 0.15) is 0 Å². The number of rotatable bonds is 3. The van der Waals surface area contributed by atoms with E-state index in [1.807, 2.05) is 0 Å². The summed E-state index contributed by atoms with van der Waals surface area (Å²) in [4.78, 5) is 18.5. The minimum absolute atomic E-state index is 0.296. The lowest BCUT2D eigenvalue weighted by molar-refractivity contribution is 0.0597. The molecule has 0 aliphatic carbocycles. The van der Waals surface area contributed by atoms with Gasteiger partial charge in [-0.3, -0.25) is 9.88 Å². The summed E-state index contributed by atoms with van der Waals surface area (Å²) in [5.41, 5.74) is 1.42. The van der Waals surface area contributed by atoms with Gasteiger partial charge in [-0.1, -0.05) is 19.3 Å². The second-order valence-electron chi connectivity index (χ2n) is 5.03. The Morgan fingerprint density at radius 1 is 1.26 bits per heavy atom. The molecular weight excluding hydrogens is 240 g/mol. The van der Waals surface area contributed by atoms with Gasteiger partial charge in [-0.05, 0) is 38.1 Å². The standard InChI is InChI=1S/C15H22N2O2/c1-19-15(18)13-8-7-9-16-14(13)12-17-10-5-3-2-4-6-11-17/h7-9H,2-6,10-12H2,1H3. The van der Waals surface area contributed by atoms with Crippen LogP contribution in [0.15, 0.2) is 18.3 Å². The van der Waals surface area contributed by atoms with E-state index in [0.29, 0.717) is 5.56 Å². The summed E-state index contributed by atoms with van der Waals surface area (Å²) in [6, 6.07) is 3.57. The van der Waals surface area contributed by atoms with Crippen molar-refractivity contribution in [1.82, 2.24) is 9.88 Å². The van der Waals surface area contributed by atoms with Gasteiger partial charge in [-0.25, -0.2) is 4.79 Å². The number of nitrogens with zero attached hydrogens (tertiary/aromatic N) is 2. The Hall–Kier alpha value is -1.42. The van der Waals surface area contributed by atoms with E-state index in [2.05, 4.69) is 9.88 Å². The zero-order valence-electron chi connectivity index (χ0n) is 11.6. The monoisotopic (exact) mass is 262 g/mol. The van der Waals surface area contributed by atoms with Crippen molar-refractivity contribution >= 4 is 5.97 Å². The predicted octanol–water partition coefficient (Wildman–Crippen LogP) is 2.63. The van der Waals surface area contributed by atoms with Crippen molar-refractivity contribution in [2.75, 3.05) is 20.2 Å². The predicted molar refractivity (Wildman–Crippen MR) is 73.9 cm³/mol. The molecule has 2 heterocycles. The minimum atomic E-state index is -0.296. The van der Waals surface area contributed by atoms with E-state index in [1.54, 1.807) is 18.3 Å². The van der Waals surface area contributed by atoms with Gasteiger partial charge in [0.2, 0.25) is 0 Å². The zero-order valence-corrected chi connectivity index (χ0v) is 11.6. The second-order valence-corrected chi connectivity index (χ2v) is 5.03. The first-order valence-corrected chi connectivity index (χ1v) is 7.06. The van der Waals surface area contributed by atoms with E-state index in [1.165, 1.54) is 39.2 Å². The molecule has 4 nitrogen and oxygen atoms in total. The van der Waals surface area contributed by atoms with Crippen LogP contribution >= 0.6 is 0 Å². The Labute approximate surface area is 114 Å². The highest BCUT2D eigenvalue weighted by Crippen LogP contribution is 2.15. The fraction of sp³-hybridized carbons (Fsp3) is 0.600. The minimum Gasteiger partial charge on any atom is -0.465 e. The fourth-order valence-corrected chi connectivity index (χ4v) is 2.54. The third-order valence-electron chi connectivity index (χ3n) is 3.62. The molecule has 2 rings (SSSR count). The SMILES string of the molecule is COC(=O)c1cccnc1CN1CCCCCCC1. The molecule has 0 unspecified atom stereocenters. The highest BCUT2D eigenvalue weighted by molar-refractivity contribution is 5.90. The normalized spacial score (nSPS) is 17.5. The average molecular weight is 262 g/mol. The van der Waals surface area contributed by atoms with Crippen molar-refractivity contribution in [2.24, 2.45) is 0 Å². The summed E-state index contributed by atoms with van der Waals surface area (Å²) in [7, 11) is 1.41. The van der Waals surface area contributed by atoms with E-state index in [0.717, 1.165) is 25.3 Å². The van der Waals surface area contributed by atoms with Crippen LogP contribution in [0.2, 0.25) is 0 Å². The summed E-state index contributed by atoms with van der Waals surface area (Å²) >= 11 is 0. The highest BCUT2D eigenvalue weighted by Gasteiger charge is 2.16. The number of esters is 1. The fourth-order valence-electron chi connectivity index (χ4n) is 2.54. The van der Waals surface area contributed by atoms with Gasteiger partial charge in [0.15, 0.2) is 0 Å². The zero-order chi connectivity index (χ0) is 13.5. The van der Waals surface area contributed by atoms with Gasteiger partial charge in [0, 0.05) is 12.7 Å². The summed E-state index contributed by atoms with van der Waals surface area (Å²) in [5.74, 6) is -0.296. The van der Waals surface area contributed by atoms with Crippen molar-refractivity contribution in [3.05, 3.63) is 29.6 Å². The first-order chi connectivity index (χ1) is 9.31. The van der Waals surface area contributed by atoms with Crippen LogP contribution in [-0.2, 0) is 11.3 Å². The van der Waals surface area contributed by atoms with Crippen molar-refractivity contribution in [2.45, 2.75) is 38.6 Å². The molecule has 0 amide bonds. The molecule has 0 atom stereocenters. The Morgan fingerprint density at radius 3 is 2.63 bits per heavy atom. The molecule has 0 aromatic carbocycles. The molecular formula is C15H22N2O2. The molecule has 1 aromatic rings. The van der Waals surface area contributed by atoms with Crippen LogP contribution in [0.5, 0.6) is 0 Å². The van der Waals surface area contributed by atoms with Gasteiger partial charge in [0.25, 0.3) is 0 Å². The van der Waals surface area contributed by atoms with Crippen molar-refractivity contribution < 1.29 is 9.53 Å². The Balaban J connectivity index is 2.06. The Kier molecular flexibility index (Phi) is 5.33. The first-order valence-electron chi connectivity index (χ1n) is 7.06. The third kappa shape index (κ3) is 4.03. The highest BCUT2D eigenvalue weighted by atomic mass is 16.5. The number of carbonyl (C=O) groups is 1. The average Bonchev–Trinajstić information content (AvgIpc) is 2.41. The van der Waals surface area contributed by atoms with E-state index in [-0.39, 0.29) is 5.97 Å². The number of pyridine rings is 1. The van der Waals surface area contributed by atoms with Crippen LogP contribution in [0.4, 0.5) is 0 Å². The number of methoxy groups -OCH3 is 1. The molecule has 0 radical (unpaired) electrons. The van der Waals surface area contributed by atoms with E-state index < -0.39 is 0 Å². The quantitative estimate of drug-likeness (QED) is 0.785. The molecule has 4 heteroatoms. The van der Waals surface area contributed by atoms with Crippen LogP contribution in [0.3, 0.4) is 0 Å². The second kappa shape index (κ2) is 7.24. The molecule has 1 saturated heterocycles. The van der Waals surface area contributed by atoms with Crippen molar-refractivity contribution in [3.8, 4) is 0 Å².